The lowest BCUT2D eigenvalue weighted by Crippen LogP contribution is -2.27. The molecule has 0 N–H and O–H groups in total. The van der Waals surface area contributed by atoms with Gasteiger partial charge in [0.2, 0.25) is 5.91 Å². The van der Waals surface area contributed by atoms with Crippen molar-refractivity contribution in [2.24, 2.45) is 0 Å². The van der Waals surface area contributed by atoms with Gasteiger partial charge >= 0.3 is 0 Å². The minimum Gasteiger partial charge on any atom is -0.492 e. The molecule has 1 atom stereocenters. The maximum absolute atomic E-state index is 12.4. The molecule has 1 aliphatic rings. The summed E-state index contributed by atoms with van der Waals surface area (Å²) in [5.41, 5.74) is 1.88. The first kappa shape index (κ1) is 18.1. The lowest BCUT2D eigenvalue weighted by Gasteiger charge is -2.25. The van der Waals surface area contributed by atoms with E-state index >= 15 is 0 Å². The molecule has 126 valence electrons. The fraction of sp³-hybridized carbons (Fsp3) is 0.235. The second kappa shape index (κ2) is 7.68. The summed E-state index contributed by atoms with van der Waals surface area (Å²) in [5.74, 6) is 1.32. The van der Waals surface area contributed by atoms with E-state index in [1.165, 1.54) is 0 Å². The standard InChI is InChI=1S/C17H14Br2ClNO2S/c1-2-23-16-13(18)7-10(8-14(16)19)17-21(15(22)9-24-17)12-5-3-11(20)4-6-12/h3-8,17H,2,9H2,1H3/t17-/m1/s1. The van der Waals surface area contributed by atoms with Crippen LogP contribution in [0.4, 0.5) is 5.69 Å². The van der Waals surface area contributed by atoms with E-state index in [4.69, 9.17) is 16.3 Å². The number of benzene rings is 2. The molecule has 1 heterocycles. The zero-order valence-electron chi connectivity index (χ0n) is 12.8. The third-order valence-corrected chi connectivity index (χ3v) is 6.21. The number of rotatable bonds is 4. The molecule has 0 unspecified atom stereocenters. The molecule has 1 fully saturated rings. The Labute approximate surface area is 167 Å². The average Bonchev–Trinajstić information content (AvgIpc) is 2.93. The molecule has 2 aromatic rings. The minimum atomic E-state index is -0.0815. The molecule has 7 heteroatoms. The van der Waals surface area contributed by atoms with Gasteiger partial charge in [-0.2, -0.15) is 0 Å². The Hall–Kier alpha value is -0.690. The molecule has 1 amide bonds. The highest BCUT2D eigenvalue weighted by molar-refractivity contribution is 9.11. The normalized spacial score (nSPS) is 17.4. The molecule has 1 saturated heterocycles. The van der Waals surface area contributed by atoms with E-state index in [9.17, 15) is 4.79 Å². The van der Waals surface area contributed by atoms with Gasteiger partial charge in [0, 0.05) is 10.7 Å². The van der Waals surface area contributed by atoms with Gasteiger partial charge in [0.25, 0.3) is 0 Å². The predicted molar refractivity (Wildman–Crippen MR) is 107 cm³/mol. The molecular formula is C17H14Br2ClNO2S. The van der Waals surface area contributed by atoms with E-state index in [1.807, 2.05) is 36.1 Å². The summed E-state index contributed by atoms with van der Waals surface area (Å²) in [5, 5.41) is 0.572. The molecular weight excluding hydrogens is 478 g/mol. The van der Waals surface area contributed by atoms with Gasteiger partial charge < -0.3 is 4.74 Å². The molecule has 0 radical (unpaired) electrons. The highest BCUT2D eigenvalue weighted by atomic mass is 79.9. The molecule has 0 aromatic heterocycles. The molecule has 0 saturated carbocycles. The summed E-state index contributed by atoms with van der Waals surface area (Å²) in [6.45, 7) is 2.53. The number of amides is 1. The van der Waals surface area contributed by atoms with Crippen molar-refractivity contribution in [3.63, 3.8) is 0 Å². The number of carbonyl (C=O) groups is 1. The van der Waals surface area contributed by atoms with Crippen molar-refractivity contribution in [2.45, 2.75) is 12.3 Å². The maximum Gasteiger partial charge on any atom is 0.238 e. The van der Waals surface area contributed by atoms with Crippen molar-refractivity contribution in [3.8, 4) is 5.75 Å². The van der Waals surface area contributed by atoms with Gasteiger partial charge in [0.05, 0.1) is 21.3 Å². The Morgan fingerprint density at radius 3 is 2.46 bits per heavy atom. The predicted octanol–water partition coefficient (Wildman–Crippen LogP) is 6.04. The largest absolute Gasteiger partial charge is 0.492 e. The topological polar surface area (TPSA) is 29.5 Å². The van der Waals surface area contributed by atoms with Gasteiger partial charge in [-0.3, -0.25) is 9.69 Å². The fourth-order valence-electron chi connectivity index (χ4n) is 2.56. The second-order valence-corrected chi connectivity index (χ2v) is 8.36. The Morgan fingerprint density at radius 2 is 1.88 bits per heavy atom. The number of anilines is 1. The summed E-state index contributed by atoms with van der Waals surface area (Å²) in [6, 6.07) is 11.4. The lowest BCUT2D eigenvalue weighted by atomic mass is 10.1. The van der Waals surface area contributed by atoms with Gasteiger partial charge in [-0.15, -0.1) is 11.8 Å². The Kier molecular flexibility index (Phi) is 5.80. The molecule has 3 nitrogen and oxygen atoms in total. The van der Waals surface area contributed by atoms with Crippen LogP contribution in [0.2, 0.25) is 5.02 Å². The smallest absolute Gasteiger partial charge is 0.238 e. The van der Waals surface area contributed by atoms with Crippen LogP contribution in [-0.2, 0) is 4.79 Å². The van der Waals surface area contributed by atoms with Gasteiger partial charge in [-0.1, -0.05) is 11.6 Å². The van der Waals surface area contributed by atoms with E-state index in [2.05, 4.69) is 31.9 Å². The lowest BCUT2D eigenvalue weighted by molar-refractivity contribution is -0.115. The van der Waals surface area contributed by atoms with Crippen LogP contribution < -0.4 is 9.64 Å². The van der Waals surface area contributed by atoms with Crippen LogP contribution in [0, 0.1) is 0 Å². The third kappa shape index (κ3) is 3.62. The van der Waals surface area contributed by atoms with Gasteiger partial charge in [-0.25, -0.2) is 0 Å². The van der Waals surface area contributed by atoms with E-state index in [1.54, 1.807) is 23.9 Å². The van der Waals surface area contributed by atoms with Crippen LogP contribution in [0.5, 0.6) is 5.75 Å². The summed E-state index contributed by atoms with van der Waals surface area (Å²) in [7, 11) is 0. The first-order chi connectivity index (χ1) is 11.5. The monoisotopic (exact) mass is 489 g/mol. The van der Waals surface area contributed by atoms with Crippen LogP contribution in [0.25, 0.3) is 0 Å². The number of hydrogen-bond donors (Lipinski definition) is 0. The highest BCUT2D eigenvalue weighted by Crippen LogP contribution is 2.45. The number of ether oxygens (including phenoxy) is 1. The van der Waals surface area contributed by atoms with Crippen molar-refractivity contribution in [1.82, 2.24) is 0 Å². The van der Waals surface area contributed by atoms with Crippen molar-refractivity contribution in [2.75, 3.05) is 17.3 Å². The summed E-state index contributed by atoms with van der Waals surface area (Å²) in [4.78, 5) is 14.2. The molecule has 24 heavy (non-hydrogen) atoms. The van der Waals surface area contributed by atoms with Crippen molar-refractivity contribution in [1.29, 1.82) is 0 Å². The molecule has 0 aliphatic carbocycles. The van der Waals surface area contributed by atoms with Gasteiger partial charge in [-0.05, 0) is 80.7 Å². The summed E-state index contributed by atoms with van der Waals surface area (Å²) >= 11 is 14.7. The van der Waals surface area contributed by atoms with Crippen molar-refractivity contribution >= 4 is 66.8 Å². The molecule has 1 aliphatic heterocycles. The quantitative estimate of drug-likeness (QED) is 0.522. The minimum absolute atomic E-state index is 0.0815. The second-order valence-electron chi connectivity index (χ2n) is 5.15. The SMILES string of the molecule is CCOc1c(Br)cc([C@H]2SCC(=O)N2c2ccc(Cl)cc2)cc1Br. The number of thioether (sulfide) groups is 1. The Balaban J connectivity index is 1.98. The number of halogens is 3. The highest BCUT2D eigenvalue weighted by Gasteiger charge is 2.34. The van der Waals surface area contributed by atoms with Gasteiger partial charge in [0.1, 0.15) is 11.1 Å². The number of nitrogens with zero attached hydrogens (tertiary/aromatic N) is 1. The van der Waals surface area contributed by atoms with Crippen LogP contribution >= 0.6 is 55.2 Å². The fourth-order valence-corrected chi connectivity index (χ4v) is 5.29. The zero-order valence-corrected chi connectivity index (χ0v) is 17.5. The zero-order chi connectivity index (χ0) is 17.3. The van der Waals surface area contributed by atoms with E-state index in [0.29, 0.717) is 17.4 Å². The summed E-state index contributed by atoms with van der Waals surface area (Å²) < 4.78 is 7.37. The van der Waals surface area contributed by atoms with E-state index < -0.39 is 0 Å². The average molecular weight is 492 g/mol. The molecule has 0 bridgehead atoms. The first-order valence-corrected chi connectivity index (χ1v) is 10.3. The van der Waals surface area contributed by atoms with Crippen LogP contribution in [-0.4, -0.2) is 18.3 Å². The first-order valence-electron chi connectivity index (χ1n) is 7.32. The number of carbonyl (C=O) groups excluding carboxylic acids is 1. The maximum atomic E-state index is 12.4. The third-order valence-electron chi connectivity index (χ3n) is 3.57. The summed E-state index contributed by atoms with van der Waals surface area (Å²) in [6.07, 6.45) is 0. The van der Waals surface area contributed by atoms with E-state index in [0.717, 1.165) is 25.9 Å². The van der Waals surface area contributed by atoms with Crippen LogP contribution in [0.1, 0.15) is 17.9 Å². The Morgan fingerprint density at radius 1 is 1.25 bits per heavy atom. The van der Waals surface area contributed by atoms with E-state index in [-0.39, 0.29) is 11.3 Å². The molecule has 2 aromatic carbocycles. The number of hydrogen-bond acceptors (Lipinski definition) is 3. The van der Waals surface area contributed by atoms with Crippen molar-refractivity contribution in [3.05, 3.63) is 55.9 Å². The van der Waals surface area contributed by atoms with Crippen LogP contribution in [0.15, 0.2) is 45.3 Å². The van der Waals surface area contributed by atoms with Gasteiger partial charge in [0.15, 0.2) is 0 Å². The Bertz CT molecular complexity index is 747. The van der Waals surface area contributed by atoms with Crippen LogP contribution in [0.3, 0.4) is 0 Å². The molecule has 3 rings (SSSR count). The molecule has 0 spiro atoms. The van der Waals surface area contributed by atoms with Crippen molar-refractivity contribution < 1.29 is 9.53 Å².